The fourth-order valence-corrected chi connectivity index (χ4v) is 3.14. The van der Waals surface area contributed by atoms with Crippen LogP contribution in [-0.2, 0) is 19.5 Å². The molecule has 0 aliphatic carbocycles. The Hall–Kier alpha value is -0.860. The molecule has 0 saturated carbocycles. The first-order valence-electron chi connectivity index (χ1n) is 7.79. The number of rotatable bonds is 5. The number of hydrogen-bond acceptors (Lipinski definition) is 2. The second-order valence-electron chi connectivity index (χ2n) is 5.87. The third-order valence-corrected chi connectivity index (χ3v) is 4.34. The highest BCUT2D eigenvalue weighted by Gasteiger charge is 2.18. The van der Waals surface area contributed by atoms with Gasteiger partial charge < -0.3 is 5.73 Å². The van der Waals surface area contributed by atoms with Crippen molar-refractivity contribution in [3.8, 4) is 0 Å². The van der Waals surface area contributed by atoms with Crippen molar-refractivity contribution >= 4 is 0 Å². The fraction of sp³-hybridized carbons (Fsp3) is 0.647. The Kier molecular flexibility index (Phi) is 5.41. The van der Waals surface area contributed by atoms with E-state index in [0.29, 0.717) is 6.54 Å². The van der Waals surface area contributed by atoms with Crippen molar-refractivity contribution < 1.29 is 0 Å². The van der Waals surface area contributed by atoms with Gasteiger partial charge in [-0.1, -0.05) is 38.5 Å². The van der Waals surface area contributed by atoms with Crippen LogP contribution >= 0.6 is 0 Å². The molecule has 0 radical (unpaired) electrons. The minimum Gasteiger partial charge on any atom is -0.326 e. The van der Waals surface area contributed by atoms with Crippen LogP contribution in [0.25, 0.3) is 0 Å². The second-order valence-corrected chi connectivity index (χ2v) is 5.87. The summed E-state index contributed by atoms with van der Waals surface area (Å²) in [6.07, 6.45) is 5.18. The van der Waals surface area contributed by atoms with Crippen molar-refractivity contribution in [1.82, 2.24) is 4.90 Å². The quantitative estimate of drug-likeness (QED) is 0.880. The zero-order chi connectivity index (χ0) is 13.7. The van der Waals surface area contributed by atoms with Crippen molar-refractivity contribution in [2.75, 3.05) is 13.1 Å². The van der Waals surface area contributed by atoms with E-state index in [4.69, 9.17) is 5.73 Å². The van der Waals surface area contributed by atoms with Gasteiger partial charge in [-0.3, -0.25) is 4.90 Å². The maximum Gasteiger partial charge on any atom is 0.0234 e. The van der Waals surface area contributed by atoms with Crippen LogP contribution in [0.15, 0.2) is 18.2 Å². The van der Waals surface area contributed by atoms with Gasteiger partial charge in [-0.15, -0.1) is 0 Å². The minimum absolute atomic E-state index is 0.651. The lowest BCUT2D eigenvalue weighted by Crippen LogP contribution is -2.34. The number of hydrogen-bond donors (Lipinski definition) is 1. The molecule has 19 heavy (non-hydrogen) atoms. The summed E-state index contributed by atoms with van der Waals surface area (Å²) in [7, 11) is 0. The molecule has 1 heterocycles. The Morgan fingerprint density at radius 3 is 2.58 bits per heavy atom. The first-order chi connectivity index (χ1) is 9.25. The lowest BCUT2D eigenvalue weighted by molar-refractivity contribution is 0.164. The van der Waals surface area contributed by atoms with E-state index < -0.39 is 0 Å². The molecule has 1 aromatic carbocycles. The molecule has 2 rings (SSSR count). The van der Waals surface area contributed by atoms with Gasteiger partial charge >= 0.3 is 0 Å². The monoisotopic (exact) mass is 260 g/mol. The molecular formula is C17H28N2. The lowest BCUT2D eigenvalue weighted by atomic mass is 9.95. The highest BCUT2D eigenvalue weighted by atomic mass is 15.1. The Morgan fingerprint density at radius 1 is 1.16 bits per heavy atom. The standard InChI is InChI=1S/C17H28N2/c1-3-14-6-5-7-19(12-14)13-17-9-15(4-2)8-16(10-17)11-18/h8-10,14H,3-7,11-13,18H2,1-2H3. The summed E-state index contributed by atoms with van der Waals surface area (Å²) in [4.78, 5) is 2.62. The molecule has 2 N–H and O–H groups in total. The molecule has 1 atom stereocenters. The first kappa shape index (κ1) is 14.5. The van der Waals surface area contributed by atoms with Crippen molar-refractivity contribution in [2.45, 2.75) is 52.6 Å². The Balaban J connectivity index is 2.05. The van der Waals surface area contributed by atoms with Crippen molar-refractivity contribution in [2.24, 2.45) is 11.7 Å². The zero-order valence-electron chi connectivity index (χ0n) is 12.5. The number of aryl methyl sites for hydroxylation is 1. The molecule has 1 aliphatic heterocycles. The highest BCUT2D eigenvalue weighted by molar-refractivity contribution is 5.30. The van der Waals surface area contributed by atoms with Crippen LogP contribution in [0.5, 0.6) is 0 Å². The molecule has 1 unspecified atom stereocenters. The van der Waals surface area contributed by atoms with Gasteiger partial charge in [0.05, 0.1) is 0 Å². The van der Waals surface area contributed by atoms with E-state index in [2.05, 4.69) is 36.9 Å². The van der Waals surface area contributed by atoms with E-state index in [0.717, 1.165) is 18.9 Å². The maximum absolute atomic E-state index is 5.81. The van der Waals surface area contributed by atoms with Gasteiger partial charge in [0, 0.05) is 19.6 Å². The zero-order valence-corrected chi connectivity index (χ0v) is 12.5. The van der Waals surface area contributed by atoms with Crippen LogP contribution in [0.3, 0.4) is 0 Å². The summed E-state index contributed by atoms with van der Waals surface area (Å²) < 4.78 is 0. The normalized spacial score (nSPS) is 20.7. The van der Waals surface area contributed by atoms with Gasteiger partial charge in [0.25, 0.3) is 0 Å². The molecule has 0 spiro atoms. The van der Waals surface area contributed by atoms with E-state index in [9.17, 15) is 0 Å². The highest BCUT2D eigenvalue weighted by Crippen LogP contribution is 2.21. The third kappa shape index (κ3) is 4.05. The Morgan fingerprint density at radius 2 is 1.89 bits per heavy atom. The molecule has 0 aromatic heterocycles. The smallest absolute Gasteiger partial charge is 0.0234 e. The largest absolute Gasteiger partial charge is 0.326 e. The third-order valence-electron chi connectivity index (χ3n) is 4.34. The summed E-state index contributed by atoms with van der Waals surface area (Å²) in [6.45, 7) is 8.80. The van der Waals surface area contributed by atoms with Crippen LogP contribution in [0.1, 0.15) is 49.8 Å². The molecule has 106 valence electrons. The van der Waals surface area contributed by atoms with Gasteiger partial charge in [0.1, 0.15) is 0 Å². The first-order valence-corrected chi connectivity index (χ1v) is 7.79. The molecule has 2 heteroatoms. The van der Waals surface area contributed by atoms with Gasteiger partial charge in [-0.25, -0.2) is 0 Å². The van der Waals surface area contributed by atoms with Crippen molar-refractivity contribution in [3.05, 3.63) is 34.9 Å². The molecular weight excluding hydrogens is 232 g/mol. The maximum atomic E-state index is 5.81. The lowest BCUT2D eigenvalue weighted by Gasteiger charge is -2.32. The van der Waals surface area contributed by atoms with Crippen LogP contribution < -0.4 is 5.73 Å². The van der Waals surface area contributed by atoms with Crippen LogP contribution in [0.4, 0.5) is 0 Å². The van der Waals surface area contributed by atoms with E-state index in [1.54, 1.807) is 0 Å². The number of benzene rings is 1. The van der Waals surface area contributed by atoms with Crippen LogP contribution in [0.2, 0.25) is 0 Å². The van der Waals surface area contributed by atoms with Gasteiger partial charge in [-0.05, 0) is 48.4 Å². The van der Waals surface area contributed by atoms with E-state index in [1.165, 1.54) is 49.0 Å². The molecule has 0 bridgehead atoms. The molecule has 1 aliphatic rings. The molecule has 1 fully saturated rings. The second kappa shape index (κ2) is 7.06. The topological polar surface area (TPSA) is 29.3 Å². The van der Waals surface area contributed by atoms with Crippen molar-refractivity contribution in [3.63, 3.8) is 0 Å². The summed E-state index contributed by atoms with van der Waals surface area (Å²) in [5.74, 6) is 0.900. The summed E-state index contributed by atoms with van der Waals surface area (Å²) in [5.41, 5.74) is 9.94. The average Bonchev–Trinajstić information content (AvgIpc) is 2.47. The average molecular weight is 260 g/mol. The molecule has 0 amide bonds. The van der Waals surface area contributed by atoms with E-state index in [-0.39, 0.29) is 0 Å². The fourth-order valence-electron chi connectivity index (χ4n) is 3.14. The van der Waals surface area contributed by atoms with E-state index >= 15 is 0 Å². The summed E-state index contributed by atoms with van der Waals surface area (Å²) in [6, 6.07) is 6.89. The number of nitrogens with zero attached hydrogens (tertiary/aromatic N) is 1. The van der Waals surface area contributed by atoms with Crippen LogP contribution in [0, 0.1) is 5.92 Å². The Labute approximate surface area is 118 Å². The SMILES string of the molecule is CCc1cc(CN)cc(CN2CCCC(CC)C2)c1. The Bertz CT molecular complexity index is 378. The summed E-state index contributed by atoms with van der Waals surface area (Å²) in [5, 5.41) is 0. The van der Waals surface area contributed by atoms with Crippen LogP contribution in [-0.4, -0.2) is 18.0 Å². The van der Waals surface area contributed by atoms with Gasteiger partial charge in [0.15, 0.2) is 0 Å². The van der Waals surface area contributed by atoms with Crippen molar-refractivity contribution in [1.29, 1.82) is 0 Å². The number of nitrogens with two attached hydrogens (primary N) is 1. The van der Waals surface area contributed by atoms with E-state index in [1.807, 2.05) is 0 Å². The predicted molar refractivity (Wildman–Crippen MR) is 82.0 cm³/mol. The predicted octanol–water partition coefficient (Wildman–Crippen LogP) is 3.33. The molecule has 1 aromatic rings. The van der Waals surface area contributed by atoms with Gasteiger partial charge in [0.2, 0.25) is 0 Å². The number of piperidine rings is 1. The number of likely N-dealkylation sites (tertiary alicyclic amines) is 1. The summed E-state index contributed by atoms with van der Waals surface area (Å²) >= 11 is 0. The van der Waals surface area contributed by atoms with Gasteiger partial charge in [-0.2, -0.15) is 0 Å². The molecule has 1 saturated heterocycles. The minimum atomic E-state index is 0.651. The molecule has 2 nitrogen and oxygen atoms in total.